The highest BCUT2D eigenvalue weighted by Gasteiger charge is 2.24. The van der Waals surface area contributed by atoms with Gasteiger partial charge in [-0.3, -0.25) is 14.8 Å². The molecule has 0 aromatic carbocycles. The fourth-order valence-corrected chi connectivity index (χ4v) is 1.37. The standard InChI is InChI=1S/C9H13N3O3/c1-3-4-5-8(13)9-7(12(14)15)6-10-11(9)2/h3,6,8,13H,1,4-5H2,2H3. The number of rotatable bonds is 5. The third-order valence-corrected chi connectivity index (χ3v) is 2.12. The van der Waals surface area contributed by atoms with Gasteiger partial charge >= 0.3 is 5.69 Å². The van der Waals surface area contributed by atoms with Gasteiger partial charge in [0.25, 0.3) is 0 Å². The molecule has 0 spiro atoms. The third-order valence-electron chi connectivity index (χ3n) is 2.12. The quantitative estimate of drug-likeness (QED) is 0.452. The Hall–Kier alpha value is -1.69. The van der Waals surface area contributed by atoms with Crippen molar-refractivity contribution in [3.05, 3.63) is 34.7 Å². The maximum atomic E-state index is 10.6. The molecule has 0 aliphatic carbocycles. The highest BCUT2D eigenvalue weighted by Crippen LogP contribution is 2.26. The number of aliphatic hydroxyl groups excluding tert-OH is 1. The molecule has 1 atom stereocenters. The minimum absolute atomic E-state index is 0.144. The zero-order valence-corrected chi connectivity index (χ0v) is 8.46. The molecule has 0 radical (unpaired) electrons. The number of nitro groups is 1. The van der Waals surface area contributed by atoms with E-state index in [-0.39, 0.29) is 11.4 Å². The maximum absolute atomic E-state index is 10.6. The molecule has 82 valence electrons. The largest absolute Gasteiger partial charge is 0.387 e. The summed E-state index contributed by atoms with van der Waals surface area (Å²) in [4.78, 5) is 10.1. The Morgan fingerprint density at radius 2 is 2.53 bits per heavy atom. The van der Waals surface area contributed by atoms with Gasteiger partial charge in [0.2, 0.25) is 0 Å². The molecule has 0 bridgehead atoms. The first-order valence-electron chi connectivity index (χ1n) is 4.53. The summed E-state index contributed by atoms with van der Waals surface area (Å²) >= 11 is 0. The zero-order valence-electron chi connectivity index (χ0n) is 8.46. The molecule has 0 amide bonds. The molecular weight excluding hydrogens is 198 g/mol. The van der Waals surface area contributed by atoms with Crippen molar-refractivity contribution in [2.75, 3.05) is 0 Å². The van der Waals surface area contributed by atoms with Crippen molar-refractivity contribution in [2.24, 2.45) is 7.05 Å². The second-order valence-electron chi connectivity index (χ2n) is 3.18. The number of aromatic nitrogens is 2. The second kappa shape index (κ2) is 4.70. The van der Waals surface area contributed by atoms with E-state index in [0.29, 0.717) is 12.8 Å². The topological polar surface area (TPSA) is 81.2 Å². The lowest BCUT2D eigenvalue weighted by molar-refractivity contribution is -0.386. The van der Waals surface area contributed by atoms with Crippen molar-refractivity contribution in [1.82, 2.24) is 9.78 Å². The van der Waals surface area contributed by atoms with Crippen LogP contribution in [0.2, 0.25) is 0 Å². The van der Waals surface area contributed by atoms with E-state index in [1.165, 1.54) is 4.68 Å². The van der Waals surface area contributed by atoms with Crippen LogP contribution in [0, 0.1) is 10.1 Å². The normalized spacial score (nSPS) is 12.4. The highest BCUT2D eigenvalue weighted by atomic mass is 16.6. The maximum Gasteiger partial charge on any atom is 0.312 e. The van der Waals surface area contributed by atoms with Crippen LogP contribution < -0.4 is 0 Å². The van der Waals surface area contributed by atoms with Crippen LogP contribution in [0.4, 0.5) is 5.69 Å². The number of allylic oxidation sites excluding steroid dienone is 1. The van der Waals surface area contributed by atoms with Crippen molar-refractivity contribution < 1.29 is 10.0 Å². The van der Waals surface area contributed by atoms with Crippen LogP contribution in [-0.4, -0.2) is 19.8 Å². The fourth-order valence-electron chi connectivity index (χ4n) is 1.37. The molecule has 15 heavy (non-hydrogen) atoms. The molecule has 1 unspecified atom stereocenters. The molecule has 0 aliphatic heterocycles. The first-order valence-corrected chi connectivity index (χ1v) is 4.53. The van der Waals surface area contributed by atoms with Crippen LogP contribution in [0.1, 0.15) is 24.6 Å². The lowest BCUT2D eigenvalue weighted by Gasteiger charge is -2.08. The average Bonchev–Trinajstić information content (AvgIpc) is 2.56. The molecule has 1 rings (SSSR count). The number of nitrogens with zero attached hydrogens (tertiary/aromatic N) is 3. The molecule has 1 heterocycles. The minimum atomic E-state index is -0.879. The van der Waals surface area contributed by atoms with E-state index in [0.717, 1.165) is 6.20 Å². The molecule has 0 saturated heterocycles. The predicted molar refractivity (Wildman–Crippen MR) is 54.3 cm³/mol. The number of aryl methyl sites for hydroxylation is 1. The van der Waals surface area contributed by atoms with Crippen molar-refractivity contribution in [3.63, 3.8) is 0 Å². The van der Waals surface area contributed by atoms with Crippen LogP contribution in [0.15, 0.2) is 18.9 Å². The van der Waals surface area contributed by atoms with Crippen LogP contribution in [0.3, 0.4) is 0 Å². The van der Waals surface area contributed by atoms with Gasteiger partial charge in [0.05, 0.1) is 4.92 Å². The van der Waals surface area contributed by atoms with E-state index in [1.54, 1.807) is 13.1 Å². The smallest absolute Gasteiger partial charge is 0.312 e. The van der Waals surface area contributed by atoms with E-state index in [4.69, 9.17) is 0 Å². The molecule has 6 heteroatoms. The number of hydrogen-bond donors (Lipinski definition) is 1. The Labute approximate surface area is 87.0 Å². The Morgan fingerprint density at radius 1 is 1.87 bits per heavy atom. The van der Waals surface area contributed by atoms with E-state index in [2.05, 4.69) is 11.7 Å². The summed E-state index contributed by atoms with van der Waals surface area (Å²) in [5, 5.41) is 24.1. The first kappa shape index (κ1) is 11.4. The van der Waals surface area contributed by atoms with Crippen molar-refractivity contribution in [1.29, 1.82) is 0 Å². The number of aliphatic hydroxyl groups is 1. The summed E-state index contributed by atoms with van der Waals surface area (Å²) in [6.45, 7) is 3.53. The van der Waals surface area contributed by atoms with Crippen molar-refractivity contribution in [2.45, 2.75) is 18.9 Å². The van der Waals surface area contributed by atoms with Gasteiger partial charge in [0.1, 0.15) is 18.0 Å². The van der Waals surface area contributed by atoms with Gasteiger partial charge in [0, 0.05) is 7.05 Å². The zero-order chi connectivity index (χ0) is 11.4. The first-order chi connectivity index (χ1) is 7.07. The third kappa shape index (κ3) is 2.41. The van der Waals surface area contributed by atoms with E-state index >= 15 is 0 Å². The number of hydrogen-bond acceptors (Lipinski definition) is 4. The fraction of sp³-hybridized carbons (Fsp3) is 0.444. The molecule has 1 N–H and O–H groups in total. The minimum Gasteiger partial charge on any atom is -0.387 e. The predicted octanol–water partition coefficient (Wildman–Crippen LogP) is 1.33. The van der Waals surface area contributed by atoms with Gasteiger partial charge in [-0.1, -0.05) is 6.08 Å². The van der Waals surface area contributed by atoms with Crippen molar-refractivity contribution >= 4 is 5.69 Å². The van der Waals surface area contributed by atoms with E-state index < -0.39 is 11.0 Å². The lowest BCUT2D eigenvalue weighted by atomic mass is 10.1. The SMILES string of the molecule is C=CCCC(O)c1c([N+](=O)[O-])cnn1C. The van der Waals surface area contributed by atoms with E-state index in [9.17, 15) is 15.2 Å². The van der Waals surface area contributed by atoms with Gasteiger partial charge in [-0.15, -0.1) is 6.58 Å². The van der Waals surface area contributed by atoms with Crippen LogP contribution in [0.5, 0.6) is 0 Å². The highest BCUT2D eigenvalue weighted by molar-refractivity contribution is 5.34. The summed E-state index contributed by atoms with van der Waals surface area (Å²) in [5.41, 5.74) is 0.0934. The molecule has 6 nitrogen and oxygen atoms in total. The summed E-state index contributed by atoms with van der Waals surface area (Å²) < 4.78 is 1.33. The van der Waals surface area contributed by atoms with Gasteiger partial charge in [-0.2, -0.15) is 5.10 Å². The molecule has 0 saturated carbocycles. The van der Waals surface area contributed by atoms with Crippen molar-refractivity contribution in [3.8, 4) is 0 Å². The molecule has 0 fully saturated rings. The van der Waals surface area contributed by atoms with Gasteiger partial charge in [-0.25, -0.2) is 0 Å². The van der Waals surface area contributed by atoms with Crippen LogP contribution in [-0.2, 0) is 7.05 Å². The average molecular weight is 211 g/mol. The van der Waals surface area contributed by atoms with Gasteiger partial charge in [0.15, 0.2) is 0 Å². The van der Waals surface area contributed by atoms with Gasteiger partial charge < -0.3 is 5.11 Å². The Bertz CT molecular complexity index is 373. The monoisotopic (exact) mass is 211 g/mol. The summed E-state index contributed by atoms with van der Waals surface area (Å²) in [6, 6.07) is 0. The molecule has 1 aromatic heterocycles. The summed E-state index contributed by atoms with van der Waals surface area (Å²) in [7, 11) is 1.57. The van der Waals surface area contributed by atoms with Crippen LogP contribution in [0.25, 0.3) is 0 Å². The second-order valence-corrected chi connectivity index (χ2v) is 3.18. The lowest BCUT2D eigenvalue weighted by Crippen LogP contribution is -2.07. The molecule has 0 aliphatic rings. The molecular formula is C9H13N3O3. The van der Waals surface area contributed by atoms with E-state index in [1.807, 2.05) is 0 Å². The summed E-state index contributed by atoms with van der Waals surface area (Å²) in [6.07, 6.45) is 2.93. The Morgan fingerprint density at radius 3 is 3.07 bits per heavy atom. The Kier molecular flexibility index (Phi) is 3.56. The molecule has 1 aromatic rings. The van der Waals surface area contributed by atoms with Gasteiger partial charge in [-0.05, 0) is 12.8 Å². The Balaban J connectivity index is 2.95. The summed E-state index contributed by atoms with van der Waals surface area (Å²) in [5.74, 6) is 0. The van der Waals surface area contributed by atoms with Crippen LogP contribution >= 0.6 is 0 Å².